The van der Waals surface area contributed by atoms with Crippen molar-refractivity contribution in [2.75, 3.05) is 5.32 Å². The Bertz CT molecular complexity index is 1200. The van der Waals surface area contributed by atoms with E-state index in [0.29, 0.717) is 27.2 Å². The van der Waals surface area contributed by atoms with Crippen LogP contribution in [-0.2, 0) is 19.6 Å². The largest absolute Gasteiger partial charge is 0.447 e. The lowest BCUT2D eigenvalue weighted by Gasteiger charge is -2.13. The van der Waals surface area contributed by atoms with Crippen molar-refractivity contribution < 1.29 is 27.2 Å². The van der Waals surface area contributed by atoms with Crippen molar-refractivity contribution in [1.82, 2.24) is 0 Å². The Balaban J connectivity index is 1.70. The highest BCUT2D eigenvalue weighted by Gasteiger charge is 2.25. The number of halogens is 1. The molecule has 3 N–H and O–H groups in total. The third-order valence-electron chi connectivity index (χ3n) is 4.20. The zero-order chi connectivity index (χ0) is 21.3. The van der Waals surface area contributed by atoms with Crippen LogP contribution < -0.4 is 10.5 Å². The number of benzene rings is 2. The molecule has 1 amide bonds. The van der Waals surface area contributed by atoms with Crippen molar-refractivity contribution in [2.24, 2.45) is 5.14 Å². The van der Waals surface area contributed by atoms with Gasteiger partial charge >= 0.3 is 5.97 Å². The van der Waals surface area contributed by atoms with Crippen LogP contribution in [0.3, 0.4) is 0 Å². The number of aryl methyl sites for hydroxylation is 1. The molecule has 0 aliphatic heterocycles. The number of rotatable bonds is 5. The number of nitrogens with one attached hydrogen (secondary N) is 1. The molecule has 3 rings (SSSR count). The first-order chi connectivity index (χ1) is 13.6. The van der Waals surface area contributed by atoms with Gasteiger partial charge in [0.2, 0.25) is 15.8 Å². The molecule has 152 valence electrons. The number of carbonyl (C=O) groups excluding carboxylic acids is 2. The molecule has 1 heterocycles. The molecule has 10 heteroatoms. The normalized spacial score (nSPS) is 12.6. The SMILES string of the molecule is Cc1c(C(=O)OC(C)C(=O)Nc2ccc(S(N)(=O)=O)cc2)oc2c(Cl)cccc12. The molecular formula is C19H17ClN2O6S. The lowest BCUT2D eigenvalue weighted by Crippen LogP contribution is -2.30. The standard InChI is InChI=1S/C19H17ClN2O6S/c1-10-14-4-3-5-15(20)17(14)28-16(10)19(24)27-11(2)18(23)22-12-6-8-13(9-7-12)29(21,25)26/h3-9,11H,1-2H3,(H,22,23)(H2,21,25,26). The number of esters is 1. The Morgan fingerprint density at radius 2 is 1.83 bits per heavy atom. The Morgan fingerprint density at radius 3 is 2.41 bits per heavy atom. The number of carbonyl (C=O) groups is 2. The Morgan fingerprint density at radius 1 is 1.17 bits per heavy atom. The summed E-state index contributed by atoms with van der Waals surface area (Å²) in [5.41, 5.74) is 1.24. The molecule has 0 aliphatic carbocycles. The first kappa shape index (κ1) is 20.8. The summed E-state index contributed by atoms with van der Waals surface area (Å²) in [4.78, 5) is 24.6. The number of sulfonamides is 1. The number of primary sulfonamides is 1. The van der Waals surface area contributed by atoms with Gasteiger partial charge in [0.15, 0.2) is 11.7 Å². The fraction of sp³-hybridized carbons (Fsp3) is 0.158. The number of ether oxygens (including phenoxy) is 1. The van der Waals surface area contributed by atoms with Crippen LogP contribution in [0, 0.1) is 6.92 Å². The van der Waals surface area contributed by atoms with Crippen molar-refractivity contribution in [1.29, 1.82) is 0 Å². The van der Waals surface area contributed by atoms with Gasteiger partial charge in [0.05, 0.1) is 9.92 Å². The van der Waals surface area contributed by atoms with Crippen LogP contribution >= 0.6 is 11.6 Å². The van der Waals surface area contributed by atoms with Gasteiger partial charge in [0.25, 0.3) is 5.91 Å². The zero-order valence-electron chi connectivity index (χ0n) is 15.4. The lowest BCUT2D eigenvalue weighted by atomic mass is 10.1. The average molecular weight is 437 g/mol. The molecule has 0 fully saturated rings. The highest BCUT2D eigenvalue weighted by molar-refractivity contribution is 7.89. The van der Waals surface area contributed by atoms with E-state index in [1.54, 1.807) is 25.1 Å². The van der Waals surface area contributed by atoms with E-state index in [1.807, 2.05) is 0 Å². The van der Waals surface area contributed by atoms with Gasteiger partial charge in [-0.05, 0) is 44.2 Å². The minimum Gasteiger partial charge on any atom is -0.447 e. The average Bonchev–Trinajstić information content (AvgIpc) is 3.00. The predicted molar refractivity (Wildman–Crippen MR) is 107 cm³/mol. The van der Waals surface area contributed by atoms with Gasteiger partial charge in [0, 0.05) is 16.6 Å². The number of fused-ring (bicyclic) bond motifs is 1. The lowest BCUT2D eigenvalue weighted by molar-refractivity contribution is -0.123. The fourth-order valence-corrected chi connectivity index (χ4v) is 3.37. The number of nitrogens with two attached hydrogens (primary N) is 1. The molecule has 0 saturated carbocycles. The van der Waals surface area contributed by atoms with Gasteiger partial charge in [-0.2, -0.15) is 0 Å². The topological polar surface area (TPSA) is 129 Å². The summed E-state index contributed by atoms with van der Waals surface area (Å²) < 4.78 is 33.2. The maximum absolute atomic E-state index is 12.4. The zero-order valence-corrected chi connectivity index (χ0v) is 17.0. The third kappa shape index (κ3) is 4.42. The van der Waals surface area contributed by atoms with Crippen LogP contribution in [0.1, 0.15) is 23.0 Å². The summed E-state index contributed by atoms with van der Waals surface area (Å²) >= 11 is 6.08. The molecule has 0 spiro atoms. The molecule has 1 aromatic heterocycles. The van der Waals surface area contributed by atoms with Crippen LogP contribution in [0.5, 0.6) is 0 Å². The summed E-state index contributed by atoms with van der Waals surface area (Å²) in [5.74, 6) is -1.44. The van der Waals surface area contributed by atoms with Crippen LogP contribution in [0.25, 0.3) is 11.0 Å². The van der Waals surface area contributed by atoms with Gasteiger partial charge < -0.3 is 14.5 Å². The van der Waals surface area contributed by atoms with Crippen molar-refractivity contribution in [3.8, 4) is 0 Å². The van der Waals surface area contributed by atoms with Crippen LogP contribution in [-0.4, -0.2) is 26.4 Å². The number of amides is 1. The molecule has 2 aromatic carbocycles. The number of furan rings is 1. The van der Waals surface area contributed by atoms with Crippen molar-refractivity contribution >= 4 is 50.2 Å². The molecular weight excluding hydrogens is 420 g/mol. The molecule has 0 saturated heterocycles. The van der Waals surface area contributed by atoms with Crippen LogP contribution in [0.4, 0.5) is 5.69 Å². The maximum Gasteiger partial charge on any atom is 0.375 e. The van der Waals surface area contributed by atoms with Gasteiger partial charge in [0.1, 0.15) is 0 Å². The second kappa shape index (κ2) is 7.86. The smallest absolute Gasteiger partial charge is 0.375 e. The van der Waals surface area contributed by atoms with Crippen molar-refractivity contribution in [3.63, 3.8) is 0 Å². The summed E-state index contributed by atoms with van der Waals surface area (Å²) in [5, 5.41) is 8.59. The van der Waals surface area contributed by atoms with Gasteiger partial charge in [-0.15, -0.1) is 0 Å². The highest BCUT2D eigenvalue weighted by Crippen LogP contribution is 2.31. The van der Waals surface area contributed by atoms with Crippen molar-refractivity contribution in [3.05, 3.63) is 58.8 Å². The second-order valence-electron chi connectivity index (χ2n) is 6.28. The van der Waals surface area contributed by atoms with Crippen LogP contribution in [0.15, 0.2) is 51.8 Å². The van der Waals surface area contributed by atoms with E-state index < -0.39 is 28.0 Å². The number of hydrogen-bond acceptors (Lipinski definition) is 6. The highest BCUT2D eigenvalue weighted by atomic mass is 35.5. The van der Waals surface area contributed by atoms with Gasteiger partial charge in [-0.3, -0.25) is 4.79 Å². The summed E-state index contributed by atoms with van der Waals surface area (Å²) in [6.07, 6.45) is -1.14. The minimum atomic E-state index is -3.83. The first-order valence-corrected chi connectivity index (χ1v) is 10.3. The number of anilines is 1. The van der Waals surface area contributed by atoms with Gasteiger partial charge in [-0.1, -0.05) is 23.7 Å². The van der Waals surface area contributed by atoms with E-state index in [9.17, 15) is 18.0 Å². The van der Waals surface area contributed by atoms with Crippen molar-refractivity contribution in [2.45, 2.75) is 24.8 Å². The fourth-order valence-electron chi connectivity index (χ4n) is 2.64. The van der Waals surface area contributed by atoms with E-state index >= 15 is 0 Å². The summed E-state index contributed by atoms with van der Waals surface area (Å²) in [6, 6.07) is 10.4. The number of para-hydroxylation sites is 1. The monoisotopic (exact) mass is 436 g/mol. The summed E-state index contributed by atoms with van der Waals surface area (Å²) in [6.45, 7) is 3.09. The molecule has 0 radical (unpaired) electrons. The quantitative estimate of drug-likeness (QED) is 0.591. The Hall–Kier alpha value is -2.88. The Labute approximate surface area is 171 Å². The second-order valence-corrected chi connectivity index (χ2v) is 8.25. The summed E-state index contributed by atoms with van der Waals surface area (Å²) in [7, 11) is -3.83. The molecule has 0 bridgehead atoms. The maximum atomic E-state index is 12.4. The van der Waals surface area contributed by atoms with E-state index in [0.717, 1.165) is 0 Å². The molecule has 29 heavy (non-hydrogen) atoms. The minimum absolute atomic E-state index is 0.0368. The van der Waals surface area contributed by atoms with E-state index in [4.69, 9.17) is 25.9 Å². The van der Waals surface area contributed by atoms with E-state index in [2.05, 4.69) is 5.32 Å². The van der Waals surface area contributed by atoms with Crippen LogP contribution in [0.2, 0.25) is 5.02 Å². The third-order valence-corrected chi connectivity index (χ3v) is 5.43. The molecule has 3 aromatic rings. The first-order valence-electron chi connectivity index (χ1n) is 8.40. The molecule has 8 nitrogen and oxygen atoms in total. The Kier molecular flexibility index (Phi) is 5.65. The van der Waals surface area contributed by atoms with Gasteiger partial charge in [-0.25, -0.2) is 18.4 Å². The van der Waals surface area contributed by atoms with E-state index in [-0.39, 0.29) is 10.7 Å². The number of hydrogen-bond donors (Lipinski definition) is 2. The van der Waals surface area contributed by atoms with E-state index in [1.165, 1.54) is 31.2 Å². The molecule has 1 atom stereocenters. The molecule has 0 aliphatic rings. The molecule has 1 unspecified atom stereocenters. The predicted octanol–water partition coefficient (Wildman–Crippen LogP) is 3.23.